The number of aryl methyl sites for hydroxylation is 2. The van der Waals surface area contributed by atoms with Crippen molar-refractivity contribution >= 4 is 5.69 Å². The van der Waals surface area contributed by atoms with Crippen LogP contribution in [-0.2, 0) is 0 Å². The molecule has 2 N–H and O–H groups in total. The number of hydrogen-bond acceptors (Lipinski definition) is 2. The Morgan fingerprint density at radius 1 is 1.27 bits per heavy atom. The number of nitrogens with two attached hydrogens (primary N) is 1. The van der Waals surface area contributed by atoms with Gasteiger partial charge in [0, 0.05) is 5.69 Å². The van der Waals surface area contributed by atoms with Crippen LogP contribution in [0, 0.1) is 13.8 Å². The number of rotatable bonds is 3. The second-order valence-electron chi connectivity index (χ2n) is 4.08. The monoisotopic (exact) mass is 205 g/mol. The standard InChI is InChI=1S/C13H19NO/c1-9(2)5-6-15-13-10(3)7-12(14)8-11(13)4/h5,7-8H,6,14H2,1-4H3. The molecule has 0 aromatic heterocycles. The Kier molecular flexibility index (Phi) is 3.78. The van der Waals surface area contributed by atoms with Gasteiger partial charge in [0.1, 0.15) is 12.4 Å². The van der Waals surface area contributed by atoms with E-state index in [4.69, 9.17) is 10.5 Å². The Morgan fingerprint density at radius 3 is 2.27 bits per heavy atom. The lowest BCUT2D eigenvalue weighted by molar-refractivity contribution is 0.357. The fraction of sp³-hybridized carbons (Fsp3) is 0.385. The van der Waals surface area contributed by atoms with Crippen molar-refractivity contribution in [2.24, 2.45) is 0 Å². The number of nitrogen functional groups attached to an aromatic ring is 1. The molecule has 0 heterocycles. The second kappa shape index (κ2) is 4.87. The molecule has 2 heteroatoms. The third-order valence-electron chi connectivity index (χ3n) is 2.20. The first-order valence-corrected chi connectivity index (χ1v) is 5.13. The van der Waals surface area contributed by atoms with E-state index in [2.05, 4.69) is 19.9 Å². The Bertz CT molecular complexity index is 353. The lowest BCUT2D eigenvalue weighted by Gasteiger charge is -2.11. The van der Waals surface area contributed by atoms with Crippen LogP contribution >= 0.6 is 0 Å². The maximum atomic E-state index is 5.74. The zero-order valence-electron chi connectivity index (χ0n) is 9.92. The number of ether oxygens (including phenoxy) is 1. The Balaban J connectivity index is 2.81. The van der Waals surface area contributed by atoms with Gasteiger partial charge in [-0.2, -0.15) is 0 Å². The second-order valence-corrected chi connectivity index (χ2v) is 4.08. The zero-order chi connectivity index (χ0) is 11.4. The van der Waals surface area contributed by atoms with Gasteiger partial charge in [-0.15, -0.1) is 0 Å². The smallest absolute Gasteiger partial charge is 0.125 e. The summed E-state index contributed by atoms with van der Waals surface area (Å²) in [5.41, 5.74) is 9.98. The van der Waals surface area contributed by atoms with Crippen molar-refractivity contribution in [3.8, 4) is 5.75 Å². The molecule has 2 nitrogen and oxygen atoms in total. The van der Waals surface area contributed by atoms with Crippen molar-refractivity contribution in [1.29, 1.82) is 0 Å². The molecule has 0 radical (unpaired) electrons. The normalized spacial score (nSPS) is 9.87. The molecule has 0 unspecified atom stereocenters. The summed E-state index contributed by atoms with van der Waals surface area (Å²) in [4.78, 5) is 0. The van der Waals surface area contributed by atoms with Crippen molar-refractivity contribution in [2.45, 2.75) is 27.7 Å². The van der Waals surface area contributed by atoms with Gasteiger partial charge in [0.25, 0.3) is 0 Å². The molecule has 0 saturated heterocycles. The van der Waals surface area contributed by atoms with Crippen molar-refractivity contribution in [2.75, 3.05) is 12.3 Å². The van der Waals surface area contributed by atoms with E-state index in [1.807, 2.05) is 26.0 Å². The van der Waals surface area contributed by atoms with Gasteiger partial charge in [0.2, 0.25) is 0 Å². The fourth-order valence-electron chi connectivity index (χ4n) is 1.50. The minimum Gasteiger partial charge on any atom is -0.489 e. The van der Waals surface area contributed by atoms with Crippen LogP contribution in [-0.4, -0.2) is 6.61 Å². The molecule has 1 aromatic carbocycles. The Hall–Kier alpha value is -1.44. The van der Waals surface area contributed by atoms with Crippen LogP contribution in [0.1, 0.15) is 25.0 Å². The van der Waals surface area contributed by atoms with Crippen LogP contribution in [0.25, 0.3) is 0 Å². The van der Waals surface area contributed by atoms with Gasteiger partial charge in [-0.1, -0.05) is 5.57 Å². The van der Waals surface area contributed by atoms with Crippen molar-refractivity contribution in [3.05, 3.63) is 34.9 Å². The van der Waals surface area contributed by atoms with Gasteiger partial charge in [-0.3, -0.25) is 0 Å². The molecule has 0 fully saturated rings. The first-order valence-electron chi connectivity index (χ1n) is 5.13. The average molecular weight is 205 g/mol. The van der Waals surface area contributed by atoms with E-state index in [0.29, 0.717) is 6.61 Å². The maximum absolute atomic E-state index is 5.74. The fourth-order valence-corrected chi connectivity index (χ4v) is 1.50. The summed E-state index contributed by atoms with van der Waals surface area (Å²) in [5, 5.41) is 0. The molecule has 15 heavy (non-hydrogen) atoms. The highest BCUT2D eigenvalue weighted by Crippen LogP contribution is 2.25. The summed E-state index contributed by atoms with van der Waals surface area (Å²) in [6.45, 7) is 8.77. The molecule has 0 amide bonds. The number of allylic oxidation sites excluding steroid dienone is 1. The third-order valence-corrected chi connectivity index (χ3v) is 2.20. The van der Waals surface area contributed by atoms with E-state index in [1.54, 1.807) is 0 Å². The van der Waals surface area contributed by atoms with Crippen molar-refractivity contribution in [1.82, 2.24) is 0 Å². The predicted octanol–water partition coefficient (Wildman–Crippen LogP) is 3.23. The molecule has 0 spiro atoms. The van der Waals surface area contributed by atoms with E-state index in [9.17, 15) is 0 Å². The molecule has 0 atom stereocenters. The van der Waals surface area contributed by atoms with Crippen LogP contribution in [0.3, 0.4) is 0 Å². The van der Waals surface area contributed by atoms with Crippen LogP contribution in [0.5, 0.6) is 5.75 Å². The van der Waals surface area contributed by atoms with Crippen molar-refractivity contribution in [3.63, 3.8) is 0 Å². The Labute approximate surface area is 91.7 Å². The summed E-state index contributed by atoms with van der Waals surface area (Å²) < 4.78 is 5.70. The van der Waals surface area contributed by atoms with Gasteiger partial charge in [0.05, 0.1) is 0 Å². The molecule has 0 aliphatic carbocycles. The molecule has 0 aliphatic rings. The van der Waals surface area contributed by atoms with Gasteiger partial charge in [-0.05, 0) is 57.0 Å². The topological polar surface area (TPSA) is 35.2 Å². The molecule has 0 bridgehead atoms. The molecular formula is C13H19NO. The molecule has 0 saturated carbocycles. The zero-order valence-corrected chi connectivity index (χ0v) is 9.92. The summed E-state index contributed by atoms with van der Waals surface area (Å²) in [6.07, 6.45) is 2.06. The van der Waals surface area contributed by atoms with Gasteiger partial charge in [0.15, 0.2) is 0 Å². The van der Waals surface area contributed by atoms with Gasteiger partial charge < -0.3 is 10.5 Å². The summed E-state index contributed by atoms with van der Waals surface area (Å²) in [6, 6.07) is 3.87. The molecule has 82 valence electrons. The van der Waals surface area contributed by atoms with E-state index in [1.165, 1.54) is 5.57 Å². The highest BCUT2D eigenvalue weighted by molar-refractivity contribution is 5.52. The SMILES string of the molecule is CC(C)=CCOc1c(C)cc(N)cc1C. The van der Waals surface area contributed by atoms with Crippen LogP contribution in [0.2, 0.25) is 0 Å². The van der Waals surface area contributed by atoms with Crippen molar-refractivity contribution < 1.29 is 4.74 Å². The lowest BCUT2D eigenvalue weighted by Crippen LogP contribution is -1.99. The quantitative estimate of drug-likeness (QED) is 0.607. The van der Waals surface area contributed by atoms with Gasteiger partial charge >= 0.3 is 0 Å². The Morgan fingerprint density at radius 2 is 1.80 bits per heavy atom. The van der Waals surface area contributed by atoms with Crippen LogP contribution in [0.4, 0.5) is 5.69 Å². The molecule has 0 aliphatic heterocycles. The third kappa shape index (κ3) is 3.31. The minimum absolute atomic E-state index is 0.619. The minimum atomic E-state index is 0.619. The highest BCUT2D eigenvalue weighted by atomic mass is 16.5. The largest absolute Gasteiger partial charge is 0.489 e. The highest BCUT2D eigenvalue weighted by Gasteiger charge is 2.04. The van der Waals surface area contributed by atoms with E-state index >= 15 is 0 Å². The lowest BCUT2D eigenvalue weighted by atomic mass is 10.1. The van der Waals surface area contributed by atoms with E-state index < -0.39 is 0 Å². The average Bonchev–Trinajstić information content (AvgIpc) is 2.08. The predicted molar refractivity (Wildman–Crippen MR) is 65.3 cm³/mol. The molecular weight excluding hydrogens is 186 g/mol. The first-order chi connectivity index (χ1) is 7.00. The summed E-state index contributed by atoms with van der Waals surface area (Å²) >= 11 is 0. The number of hydrogen-bond donors (Lipinski definition) is 1. The van der Waals surface area contributed by atoms with Gasteiger partial charge in [-0.25, -0.2) is 0 Å². The molecule has 1 aromatic rings. The molecule has 1 rings (SSSR count). The first kappa shape index (κ1) is 11.6. The van der Waals surface area contributed by atoms with E-state index in [-0.39, 0.29) is 0 Å². The van der Waals surface area contributed by atoms with E-state index in [0.717, 1.165) is 22.6 Å². The van der Waals surface area contributed by atoms with Crippen LogP contribution in [0.15, 0.2) is 23.8 Å². The maximum Gasteiger partial charge on any atom is 0.125 e. The summed E-state index contributed by atoms with van der Waals surface area (Å²) in [5.74, 6) is 0.946. The number of anilines is 1. The number of benzene rings is 1. The van der Waals surface area contributed by atoms with Crippen LogP contribution < -0.4 is 10.5 Å². The summed E-state index contributed by atoms with van der Waals surface area (Å²) in [7, 11) is 0.